The van der Waals surface area contributed by atoms with Gasteiger partial charge in [-0.2, -0.15) is 0 Å². The van der Waals surface area contributed by atoms with Crippen molar-refractivity contribution in [2.75, 3.05) is 18.0 Å². The van der Waals surface area contributed by atoms with E-state index < -0.39 is 0 Å². The first-order chi connectivity index (χ1) is 6.79. The molecule has 1 aliphatic rings. The van der Waals surface area contributed by atoms with Crippen molar-refractivity contribution in [3.63, 3.8) is 0 Å². The van der Waals surface area contributed by atoms with Crippen molar-refractivity contribution in [3.05, 3.63) is 29.8 Å². The van der Waals surface area contributed by atoms with E-state index in [1.54, 1.807) is 6.07 Å². The molecule has 1 saturated heterocycles. The maximum atomic E-state index is 10.6. The lowest BCUT2D eigenvalue weighted by Gasteiger charge is -2.17. The highest BCUT2D eigenvalue weighted by Crippen LogP contribution is 2.20. The minimum atomic E-state index is -0.227. The van der Waals surface area contributed by atoms with Crippen molar-refractivity contribution in [2.24, 2.45) is 0 Å². The SMILES string of the molecule is O=Cc1cccc(N2CCC(O)C2)c1. The van der Waals surface area contributed by atoms with Gasteiger partial charge in [-0.25, -0.2) is 0 Å². The monoisotopic (exact) mass is 191 g/mol. The van der Waals surface area contributed by atoms with Crippen LogP contribution < -0.4 is 4.90 Å². The van der Waals surface area contributed by atoms with Crippen molar-refractivity contribution in [1.29, 1.82) is 0 Å². The molecule has 0 amide bonds. The van der Waals surface area contributed by atoms with Crippen molar-refractivity contribution in [2.45, 2.75) is 12.5 Å². The molecule has 74 valence electrons. The van der Waals surface area contributed by atoms with Crippen LogP contribution in [0.15, 0.2) is 24.3 Å². The molecule has 1 aliphatic heterocycles. The van der Waals surface area contributed by atoms with Gasteiger partial charge in [-0.15, -0.1) is 0 Å². The van der Waals surface area contributed by atoms with Gasteiger partial charge in [-0.1, -0.05) is 12.1 Å². The topological polar surface area (TPSA) is 40.5 Å². The first-order valence-corrected chi connectivity index (χ1v) is 4.78. The molecule has 1 heterocycles. The van der Waals surface area contributed by atoms with E-state index in [9.17, 15) is 9.90 Å². The average Bonchev–Trinajstić information content (AvgIpc) is 2.65. The second-order valence-electron chi connectivity index (χ2n) is 3.60. The van der Waals surface area contributed by atoms with Gasteiger partial charge in [0.2, 0.25) is 0 Å². The molecule has 0 aromatic heterocycles. The lowest BCUT2D eigenvalue weighted by atomic mass is 10.2. The predicted molar refractivity (Wildman–Crippen MR) is 54.7 cm³/mol. The molecular weight excluding hydrogens is 178 g/mol. The molecule has 3 nitrogen and oxygen atoms in total. The third kappa shape index (κ3) is 1.77. The second kappa shape index (κ2) is 3.80. The second-order valence-corrected chi connectivity index (χ2v) is 3.60. The van der Waals surface area contributed by atoms with Crippen LogP contribution in [-0.4, -0.2) is 30.6 Å². The summed E-state index contributed by atoms with van der Waals surface area (Å²) in [5.41, 5.74) is 1.70. The van der Waals surface area contributed by atoms with Gasteiger partial charge >= 0.3 is 0 Å². The van der Waals surface area contributed by atoms with Crippen LogP contribution in [0, 0.1) is 0 Å². The summed E-state index contributed by atoms with van der Waals surface area (Å²) in [5, 5.41) is 9.38. The van der Waals surface area contributed by atoms with Gasteiger partial charge in [0.25, 0.3) is 0 Å². The largest absolute Gasteiger partial charge is 0.391 e. The third-order valence-electron chi connectivity index (χ3n) is 2.53. The number of carbonyl (C=O) groups excluding carboxylic acids is 1. The van der Waals surface area contributed by atoms with Crippen LogP contribution in [0.2, 0.25) is 0 Å². The molecule has 1 aromatic rings. The van der Waals surface area contributed by atoms with Crippen molar-refractivity contribution < 1.29 is 9.90 Å². The average molecular weight is 191 g/mol. The molecule has 14 heavy (non-hydrogen) atoms. The number of aliphatic hydroxyl groups excluding tert-OH is 1. The first kappa shape index (κ1) is 9.21. The van der Waals surface area contributed by atoms with E-state index in [1.807, 2.05) is 18.2 Å². The molecule has 1 fully saturated rings. The summed E-state index contributed by atoms with van der Waals surface area (Å²) in [6.07, 6.45) is 1.43. The fourth-order valence-corrected chi connectivity index (χ4v) is 1.77. The molecular formula is C11H13NO2. The van der Waals surface area contributed by atoms with Crippen LogP contribution in [0.3, 0.4) is 0 Å². The van der Waals surface area contributed by atoms with E-state index in [0.29, 0.717) is 12.1 Å². The van der Waals surface area contributed by atoms with Crippen LogP contribution in [0.4, 0.5) is 5.69 Å². The van der Waals surface area contributed by atoms with Gasteiger partial charge in [-0.05, 0) is 18.6 Å². The Kier molecular flexibility index (Phi) is 2.50. The summed E-state index contributed by atoms with van der Waals surface area (Å²) in [6, 6.07) is 7.46. The summed E-state index contributed by atoms with van der Waals surface area (Å²) >= 11 is 0. The number of anilines is 1. The van der Waals surface area contributed by atoms with E-state index >= 15 is 0 Å². The Hall–Kier alpha value is -1.35. The lowest BCUT2D eigenvalue weighted by molar-refractivity contribution is 0.112. The van der Waals surface area contributed by atoms with Gasteiger partial charge in [-0.3, -0.25) is 4.79 Å². The van der Waals surface area contributed by atoms with E-state index in [-0.39, 0.29) is 6.10 Å². The summed E-state index contributed by atoms with van der Waals surface area (Å²) in [4.78, 5) is 12.7. The molecule has 0 radical (unpaired) electrons. The fourth-order valence-electron chi connectivity index (χ4n) is 1.77. The van der Waals surface area contributed by atoms with Crippen LogP contribution in [0.25, 0.3) is 0 Å². The van der Waals surface area contributed by atoms with Gasteiger partial charge < -0.3 is 10.0 Å². The van der Waals surface area contributed by atoms with Crippen LogP contribution in [-0.2, 0) is 0 Å². The summed E-state index contributed by atoms with van der Waals surface area (Å²) in [6.45, 7) is 1.53. The lowest BCUT2D eigenvalue weighted by Crippen LogP contribution is -2.21. The first-order valence-electron chi connectivity index (χ1n) is 4.78. The normalized spacial score (nSPS) is 21.2. The van der Waals surface area contributed by atoms with E-state index in [2.05, 4.69) is 4.90 Å². The molecule has 3 heteroatoms. The smallest absolute Gasteiger partial charge is 0.150 e. The molecule has 1 N–H and O–H groups in total. The number of hydrogen-bond acceptors (Lipinski definition) is 3. The summed E-state index contributed by atoms with van der Waals surface area (Å²) < 4.78 is 0. The van der Waals surface area contributed by atoms with Crippen LogP contribution >= 0.6 is 0 Å². The third-order valence-corrected chi connectivity index (χ3v) is 2.53. The maximum Gasteiger partial charge on any atom is 0.150 e. The summed E-state index contributed by atoms with van der Waals surface area (Å²) in [7, 11) is 0. The number of aldehydes is 1. The highest BCUT2D eigenvalue weighted by molar-refractivity contribution is 5.77. The molecule has 1 aromatic carbocycles. The Morgan fingerprint density at radius 3 is 3.00 bits per heavy atom. The standard InChI is InChI=1S/C11H13NO2/c13-8-9-2-1-3-10(6-9)12-5-4-11(14)7-12/h1-3,6,8,11,14H,4-5,7H2. The Bertz CT molecular complexity index is 338. The molecule has 1 atom stereocenters. The highest BCUT2D eigenvalue weighted by Gasteiger charge is 2.20. The molecule has 0 saturated carbocycles. The zero-order chi connectivity index (χ0) is 9.97. The number of benzene rings is 1. The van der Waals surface area contributed by atoms with Gasteiger partial charge in [0.15, 0.2) is 0 Å². The number of carbonyl (C=O) groups is 1. The zero-order valence-corrected chi connectivity index (χ0v) is 7.89. The van der Waals surface area contributed by atoms with Crippen molar-refractivity contribution >= 4 is 12.0 Å². The number of aliphatic hydroxyl groups is 1. The number of hydrogen-bond donors (Lipinski definition) is 1. The van der Waals surface area contributed by atoms with Crippen LogP contribution in [0.1, 0.15) is 16.8 Å². The highest BCUT2D eigenvalue weighted by atomic mass is 16.3. The molecule has 0 aliphatic carbocycles. The maximum absolute atomic E-state index is 10.6. The van der Waals surface area contributed by atoms with E-state index in [1.165, 1.54) is 0 Å². The van der Waals surface area contributed by atoms with E-state index in [4.69, 9.17) is 0 Å². The zero-order valence-electron chi connectivity index (χ0n) is 7.89. The Morgan fingerprint density at radius 2 is 2.36 bits per heavy atom. The molecule has 1 unspecified atom stereocenters. The Labute approximate surface area is 83.0 Å². The van der Waals surface area contributed by atoms with Gasteiger partial charge in [0.1, 0.15) is 6.29 Å². The predicted octanol–water partition coefficient (Wildman–Crippen LogP) is 1.07. The quantitative estimate of drug-likeness (QED) is 0.711. The van der Waals surface area contributed by atoms with Crippen molar-refractivity contribution in [3.8, 4) is 0 Å². The van der Waals surface area contributed by atoms with Crippen LogP contribution in [0.5, 0.6) is 0 Å². The van der Waals surface area contributed by atoms with E-state index in [0.717, 1.165) is 24.9 Å². The Morgan fingerprint density at radius 1 is 1.50 bits per heavy atom. The van der Waals surface area contributed by atoms with Crippen molar-refractivity contribution in [1.82, 2.24) is 0 Å². The fraction of sp³-hybridized carbons (Fsp3) is 0.364. The molecule has 0 spiro atoms. The number of rotatable bonds is 2. The minimum absolute atomic E-state index is 0.227. The minimum Gasteiger partial charge on any atom is -0.391 e. The molecule has 0 bridgehead atoms. The molecule has 2 rings (SSSR count). The Balaban J connectivity index is 2.19. The summed E-state index contributed by atoms with van der Waals surface area (Å²) in [5.74, 6) is 0. The van der Waals surface area contributed by atoms with Gasteiger partial charge in [0, 0.05) is 24.3 Å². The van der Waals surface area contributed by atoms with Gasteiger partial charge in [0.05, 0.1) is 6.10 Å². The number of nitrogens with zero attached hydrogens (tertiary/aromatic N) is 1. The number of β-amino-alcohol motifs (C(OH)–C–C–N with tert-alkyl or cyclic N) is 1.